The van der Waals surface area contributed by atoms with Crippen LogP contribution in [-0.2, 0) is 0 Å². The standard InChI is InChI=1S/C16H23BrClFN2O/c1-2-15(19)13-10-12(11-14(17)16(13)18)21-7-5-20(6-8-21)4-3-9-22/h10-11,15,22H,2-9H2,1H3. The van der Waals surface area contributed by atoms with Gasteiger partial charge in [-0.1, -0.05) is 18.5 Å². The second kappa shape index (κ2) is 8.48. The molecule has 1 saturated heterocycles. The number of alkyl halides is 1. The number of aliphatic hydroxyl groups is 1. The van der Waals surface area contributed by atoms with Crippen LogP contribution in [0.3, 0.4) is 0 Å². The van der Waals surface area contributed by atoms with Gasteiger partial charge in [0.1, 0.15) is 6.17 Å². The molecule has 124 valence electrons. The van der Waals surface area contributed by atoms with Gasteiger partial charge in [0, 0.05) is 55.1 Å². The van der Waals surface area contributed by atoms with Gasteiger partial charge in [-0.15, -0.1) is 0 Å². The summed E-state index contributed by atoms with van der Waals surface area (Å²) in [7, 11) is 0. The minimum absolute atomic E-state index is 0.239. The van der Waals surface area contributed by atoms with Gasteiger partial charge in [-0.05, 0) is 40.9 Å². The largest absolute Gasteiger partial charge is 0.396 e. The van der Waals surface area contributed by atoms with Crippen molar-refractivity contribution >= 4 is 33.2 Å². The van der Waals surface area contributed by atoms with E-state index in [1.54, 1.807) is 0 Å². The Kier molecular flexibility index (Phi) is 6.93. The van der Waals surface area contributed by atoms with Crippen molar-refractivity contribution in [3.8, 4) is 0 Å². The molecule has 0 spiro atoms. The number of nitrogens with zero attached hydrogens (tertiary/aromatic N) is 2. The molecule has 1 N–H and O–H groups in total. The average molecular weight is 394 g/mol. The Morgan fingerprint density at radius 2 is 2.00 bits per heavy atom. The lowest BCUT2D eigenvalue weighted by molar-refractivity contribution is 0.216. The lowest BCUT2D eigenvalue weighted by Gasteiger charge is -2.36. The number of aliphatic hydroxyl groups excluding tert-OH is 1. The van der Waals surface area contributed by atoms with Gasteiger partial charge in [0.05, 0.1) is 5.02 Å². The maximum absolute atomic E-state index is 14.1. The van der Waals surface area contributed by atoms with Crippen LogP contribution >= 0.6 is 27.5 Å². The molecular weight excluding hydrogens is 371 g/mol. The normalized spacial score (nSPS) is 17.8. The van der Waals surface area contributed by atoms with Crippen molar-refractivity contribution in [1.82, 2.24) is 4.90 Å². The summed E-state index contributed by atoms with van der Waals surface area (Å²) in [4.78, 5) is 4.62. The molecule has 6 heteroatoms. The van der Waals surface area contributed by atoms with Gasteiger partial charge in [-0.25, -0.2) is 4.39 Å². The Balaban J connectivity index is 2.08. The fraction of sp³-hybridized carbons (Fsp3) is 0.625. The van der Waals surface area contributed by atoms with Gasteiger partial charge in [-0.3, -0.25) is 4.90 Å². The zero-order valence-corrected chi connectivity index (χ0v) is 15.2. The molecule has 0 radical (unpaired) electrons. The van der Waals surface area contributed by atoms with E-state index in [0.29, 0.717) is 17.0 Å². The van der Waals surface area contributed by atoms with Gasteiger partial charge >= 0.3 is 0 Å². The molecule has 0 saturated carbocycles. The van der Waals surface area contributed by atoms with Crippen molar-refractivity contribution in [3.05, 3.63) is 27.2 Å². The van der Waals surface area contributed by atoms with Crippen molar-refractivity contribution in [1.29, 1.82) is 0 Å². The number of rotatable bonds is 6. The SMILES string of the molecule is CCC(F)c1cc(N2CCN(CCCO)CC2)cc(Br)c1Cl. The maximum Gasteiger partial charge on any atom is 0.126 e. The molecular formula is C16H23BrClFN2O. The number of hydrogen-bond donors (Lipinski definition) is 1. The van der Waals surface area contributed by atoms with E-state index in [-0.39, 0.29) is 6.61 Å². The first kappa shape index (κ1) is 18.0. The third kappa shape index (κ3) is 4.34. The summed E-state index contributed by atoms with van der Waals surface area (Å²) >= 11 is 9.66. The molecule has 3 nitrogen and oxygen atoms in total. The molecule has 1 aliphatic rings. The summed E-state index contributed by atoms with van der Waals surface area (Å²) in [6.45, 7) is 6.72. The number of anilines is 1. The van der Waals surface area contributed by atoms with Gasteiger partial charge in [0.15, 0.2) is 0 Å². The van der Waals surface area contributed by atoms with E-state index in [2.05, 4.69) is 25.7 Å². The molecule has 1 atom stereocenters. The van der Waals surface area contributed by atoms with E-state index < -0.39 is 6.17 Å². The molecule has 0 amide bonds. The highest BCUT2D eigenvalue weighted by atomic mass is 79.9. The zero-order chi connectivity index (χ0) is 16.1. The van der Waals surface area contributed by atoms with Crippen LogP contribution in [-0.4, -0.2) is 49.3 Å². The van der Waals surface area contributed by atoms with Crippen LogP contribution in [0.1, 0.15) is 31.5 Å². The third-order valence-electron chi connectivity index (χ3n) is 4.11. The van der Waals surface area contributed by atoms with Crippen LogP contribution in [0.2, 0.25) is 5.02 Å². The van der Waals surface area contributed by atoms with Gasteiger partial charge < -0.3 is 10.0 Å². The van der Waals surface area contributed by atoms with E-state index in [1.165, 1.54) is 0 Å². The molecule has 1 heterocycles. The highest BCUT2D eigenvalue weighted by molar-refractivity contribution is 9.10. The van der Waals surface area contributed by atoms with Crippen LogP contribution in [0.25, 0.3) is 0 Å². The fourth-order valence-electron chi connectivity index (χ4n) is 2.75. The summed E-state index contributed by atoms with van der Waals surface area (Å²) in [6.07, 6.45) is 0.205. The Morgan fingerprint density at radius 3 is 2.59 bits per heavy atom. The monoisotopic (exact) mass is 392 g/mol. The number of halogens is 3. The second-order valence-corrected chi connectivity index (χ2v) is 6.84. The summed E-state index contributed by atoms with van der Waals surface area (Å²) in [5.41, 5.74) is 1.58. The van der Waals surface area contributed by atoms with Crippen LogP contribution in [0.5, 0.6) is 0 Å². The predicted octanol–water partition coefficient (Wildman–Crippen LogP) is 4.03. The van der Waals surface area contributed by atoms with Crippen LogP contribution in [0.15, 0.2) is 16.6 Å². The van der Waals surface area contributed by atoms with Crippen molar-refractivity contribution in [2.45, 2.75) is 25.9 Å². The van der Waals surface area contributed by atoms with Gasteiger partial charge in [0.2, 0.25) is 0 Å². The molecule has 22 heavy (non-hydrogen) atoms. The van der Waals surface area contributed by atoms with E-state index in [0.717, 1.165) is 49.3 Å². The molecule has 1 aromatic carbocycles. The molecule has 0 bridgehead atoms. The smallest absolute Gasteiger partial charge is 0.126 e. The van der Waals surface area contributed by atoms with Crippen molar-refractivity contribution in [3.63, 3.8) is 0 Å². The van der Waals surface area contributed by atoms with E-state index in [1.807, 2.05) is 19.1 Å². The highest BCUT2D eigenvalue weighted by Crippen LogP contribution is 2.37. The molecule has 0 aromatic heterocycles. The van der Waals surface area contributed by atoms with Crippen molar-refractivity contribution in [2.24, 2.45) is 0 Å². The Bertz CT molecular complexity index is 495. The number of hydrogen-bond acceptors (Lipinski definition) is 3. The summed E-state index contributed by atoms with van der Waals surface area (Å²) in [6, 6.07) is 3.85. The second-order valence-electron chi connectivity index (χ2n) is 5.61. The Labute approximate surface area is 145 Å². The van der Waals surface area contributed by atoms with E-state index >= 15 is 0 Å². The lowest BCUT2D eigenvalue weighted by Crippen LogP contribution is -2.46. The minimum atomic E-state index is -1.03. The summed E-state index contributed by atoms with van der Waals surface area (Å²) in [5, 5.41) is 9.37. The van der Waals surface area contributed by atoms with E-state index in [9.17, 15) is 4.39 Å². The van der Waals surface area contributed by atoms with Gasteiger partial charge in [0.25, 0.3) is 0 Å². The first-order valence-electron chi connectivity index (χ1n) is 7.78. The minimum Gasteiger partial charge on any atom is -0.396 e. The average Bonchev–Trinajstić information content (AvgIpc) is 2.55. The van der Waals surface area contributed by atoms with Crippen LogP contribution < -0.4 is 4.90 Å². The van der Waals surface area contributed by atoms with Crippen molar-refractivity contribution < 1.29 is 9.50 Å². The zero-order valence-electron chi connectivity index (χ0n) is 12.9. The fourth-order valence-corrected chi connectivity index (χ4v) is 3.44. The third-order valence-corrected chi connectivity index (χ3v) is 5.38. The maximum atomic E-state index is 14.1. The lowest BCUT2D eigenvalue weighted by atomic mass is 10.1. The van der Waals surface area contributed by atoms with Gasteiger partial charge in [-0.2, -0.15) is 0 Å². The summed E-state index contributed by atoms with van der Waals surface area (Å²) in [5.74, 6) is 0. The van der Waals surface area contributed by atoms with Crippen LogP contribution in [0.4, 0.5) is 10.1 Å². The predicted molar refractivity (Wildman–Crippen MR) is 93.6 cm³/mol. The Hall–Kier alpha value is -0.360. The first-order chi connectivity index (χ1) is 10.6. The van der Waals surface area contributed by atoms with E-state index in [4.69, 9.17) is 16.7 Å². The molecule has 2 rings (SSSR count). The Morgan fingerprint density at radius 1 is 1.32 bits per heavy atom. The molecule has 0 aliphatic carbocycles. The highest BCUT2D eigenvalue weighted by Gasteiger charge is 2.21. The first-order valence-corrected chi connectivity index (χ1v) is 8.95. The van der Waals surface area contributed by atoms with Crippen molar-refractivity contribution in [2.75, 3.05) is 44.2 Å². The number of benzene rings is 1. The molecule has 1 aliphatic heterocycles. The van der Waals surface area contributed by atoms with Crippen LogP contribution in [0, 0.1) is 0 Å². The molecule has 1 unspecified atom stereocenters. The molecule has 1 aromatic rings. The topological polar surface area (TPSA) is 26.7 Å². The summed E-state index contributed by atoms with van der Waals surface area (Å²) < 4.78 is 14.8. The molecule has 1 fully saturated rings. The quantitative estimate of drug-likeness (QED) is 0.790. The number of piperazine rings is 1.